The molecule has 0 aliphatic carbocycles. The maximum absolute atomic E-state index is 5.55. The lowest BCUT2D eigenvalue weighted by Gasteiger charge is -2.14. The lowest BCUT2D eigenvalue weighted by Crippen LogP contribution is -2.00. The van der Waals surface area contributed by atoms with Gasteiger partial charge in [-0.15, -0.1) is 10.2 Å². The number of aromatic nitrogens is 2. The molecule has 0 amide bonds. The summed E-state index contributed by atoms with van der Waals surface area (Å²) in [6.45, 7) is 0. The minimum absolute atomic E-state index is 0.692. The van der Waals surface area contributed by atoms with Gasteiger partial charge in [0.15, 0.2) is 5.82 Å². The number of nitrogens with zero attached hydrogens (tertiary/aromatic N) is 2. The van der Waals surface area contributed by atoms with Crippen LogP contribution < -0.4 is 14.8 Å². The summed E-state index contributed by atoms with van der Waals surface area (Å²) < 4.78 is 10.8. The first-order valence-electron chi connectivity index (χ1n) is 8.60. The molecule has 1 aromatic heterocycles. The first kappa shape index (κ1) is 16.8. The van der Waals surface area contributed by atoms with Crippen molar-refractivity contribution in [3.05, 3.63) is 72.8 Å². The molecule has 0 spiro atoms. The fourth-order valence-corrected chi connectivity index (χ4v) is 3.05. The van der Waals surface area contributed by atoms with E-state index < -0.39 is 0 Å². The molecule has 0 unspecified atom stereocenters. The Morgan fingerprint density at radius 1 is 0.741 bits per heavy atom. The maximum Gasteiger partial charge on any atom is 0.161 e. The fraction of sp³-hybridized carbons (Fsp3) is 0.0909. The van der Waals surface area contributed by atoms with Gasteiger partial charge in [0.1, 0.15) is 17.2 Å². The van der Waals surface area contributed by atoms with Crippen LogP contribution in [0.2, 0.25) is 0 Å². The van der Waals surface area contributed by atoms with Crippen LogP contribution in [0.25, 0.3) is 22.0 Å². The van der Waals surface area contributed by atoms with Crippen molar-refractivity contribution in [2.45, 2.75) is 0 Å². The van der Waals surface area contributed by atoms with E-state index in [0.717, 1.165) is 33.5 Å². The van der Waals surface area contributed by atoms with Gasteiger partial charge >= 0.3 is 0 Å². The van der Waals surface area contributed by atoms with E-state index in [4.69, 9.17) is 9.47 Å². The molecule has 4 aromatic rings. The Morgan fingerprint density at radius 2 is 1.48 bits per heavy atom. The molecule has 3 aromatic carbocycles. The van der Waals surface area contributed by atoms with E-state index in [1.165, 1.54) is 0 Å². The van der Waals surface area contributed by atoms with Gasteiger partial charge in [-0.1, -0.05) is 42.5 Å². The average Bonchev–Trinajstić information content (AvgIpc) is 2.74. The second kappa shape index (κ2) is 7.33. The molecular formula is C22H19N3O2. The van der Waals surface area contributed by atoms with Crippen molar-refractivity contribution in [1.29, 1.82) is 0 Å². The highest BCUT2D eigenvalue weighted by atomic mass is 16.5. The minimum atomic E-state index is 0.692. The van der Waals surface area contributed by atoms with E-state index in [0.29, 0.717) is 11.6 Å². The zero-order chi connectivity index (χ0) is 18.6. The Labute approximate surface area is 157 Å². The van der Waals surface area contributed by atoms with Crippen LogP contribution in [-0.2, 0) is 0 Å². The van der Waals surface area contributed by atoms with E-state index in [-0.39, 0.29) is 0 Å². The molecule has 27 heavy (non-hydrogen) atoms. The number of ether oxygens (including phenoxy) is 2. The zero-order valence-corrected chi connectivity index (χ0v) is 15.1. The topological polar surface area (TPSA) is 56.3 Å². The smallest absolute Gasteiger partial charge is 0.161 e. The maximum atomic E-state index is 5.55. The summed E-state index contributed by atoms with van der Waals surface area (Å²) in [5.41, 5.74) is 2.60. The Kier molecular flexibility index (Phi) is 4.58. The Morgan fingerprint density at radius 3 is 2.22 bits per heavy atom. The van der Waals surface area contributed by atoms with Gasteiger partial charge in [0, 0.05) is 28.1 Å². The van der Waals surface area contributed by atoms with Crippen molar-refractivity contribution in [3.63, 3.8) is 0 Å². The molecule has 0 fully saturated rings. The van der Waals surface area contributed by atoms with Crippen molar-refractivity contribution in [3.8, 4) is 22.8 Å². The molecule has 0 aliphatic heterocycles. The summed E-state index contributed by atoms with van der Waals surface area (Å²) in [5, 5.41) is 14.3. The second-order valence-electron chi connectivity index (χ2n) is 6.00. The standard InChI is InChI=1S/C22H19N3O2/c1-26-16-12-13-19(20(14-16)27-2)21-17-10-6-7-11-18(17)22(25-24-21)23-15-8-4-3-5-9-15/h3-14H,1-2H3,(H,23,25). The number of fused-ring (bicyclic) bond motifs is 1. The first-order valence-corrected chi connectivity index (χ1v) is 8.60. The summed E-state index contributed by atoms with van der Waals surface area (Å²) in [6, 6.07) is 23.7. The molecule has 0 saturated heterocycles. The van der Waals surface area contributed by atoms with Crippen LogP contribution in [0.1, 0.15) is 0 Å². The minimum Gasteiger partial charge on any atom is -0.497 e. The van der Waals surface area contributed by atoms with Gasteiger partial charge < -0.3 is 14.8 Å². The number of hydrogen-bond acceptors (Lipinski definition) is 5. The first-order chi connectivity index (χ1) is 13.3. The van der Waals surface area contributed by atoms with Crippen LogP contribution in [0.3, 0.4) is 0 Å². The molecule has 4 rings (SSSR count). The number of benzene rings is 3. The predicted octanol–water partition coefficient (Wildman–Crippen LogP) is 5.06. The number of rotatable bonds is 5. The third-order valence-electron chi connectivity index (χ3n) is 4.39. The summed E-state index contributed by atoms with van der Waals surface area (Å²) >= 11 is 0. The highest BCUT2D eigenvalue weighted by molar-refractivity contribution is 6.01. The quantitative estimate of drug-likeness (QED) is 0.541. The van der Waals surface area contributed by atoms with Crippen molar-refractivity contribution in [2.24, 2.45) is 0 Å². The SMILES string of the molecule is COc1ccc(-c2nnc(Nc3ccccc3)c3ccccc23)c(OC)c1. The predicted molar refractivity (Wildman–Crippen MR) is 108 cm³/mol. The van der Waals surface area contributed by atoms with E-state index in [9.17, 15) is 0 Å². The number of para-hydroxylation sites is 1. The summed E-state index contributed by atoms with van der Waals surface area (Å²) in [6.07, 6.45) is 0. The molecule has 0 aliphatic rings. The molecule has 0 radical (unpaired) electrons. The molecule has 0 bridgehead atoms. The van der Waals surface area contributed by atoms with Crippen LogP contribution in [0.15, 0.2) is 72.8 Å². The molecule has 0 atom stereocenters. The van der Waals surface area contributed by atoms with Crippen LogP contribution in [0.4, 0.5) is 11.5 Å². The largest absolute Gasteiger partial charge is 0.497 e. The van der Waals surface area contributed by atoms with Crippen molar-refractivity contribution in [2.75, 3.05) is 19.5 Å². The van der Waals surface area contributed by atoms with Crippen molar-refractivity contribution < 1.29 is 9.47 Å². The van der Waals surface area contributed by atoms with E-state index in [1.807, 2.05) is 72.8 Å². The molecule has 134 valence electrons. The molecule has 1 heterocycles. The van der Waals surface area contributed by atoms with Gasteiger partial charge in [0.05, 0.1) is 14.2 Å². The fourth-order valence-electron chi connectivity index (χ4n) is 3.05. The van der Waals surface area contributed by atoms with Gasteiger partial charge in [0.25, 0.3) is 0 Å². The van der Waals surface area contributed by atoms with Gasteiger partial charge in [-0.05, 0) is 24.3 Å². The van der Waals surface area contributed by atoms with Crippen LogP contribution in [0, 0.1) is 0 Å². The third kappa shape index (κ3) is 3.27. The Balaban J connectivity index is 1.86. The number of anilines is 2. The molecule has 1 N–H and O–H groups in total. The van der Waals surface area contributed by atoms with Crippen LogP contribution in [-0.4, -0.2) is 24.4 Å². The normalized spacial score (nSPS) is 10.6. The molecule has 5 nitrogen and oxygen atoms in total. The molecular weight excluding hydrogens is 338 g/mol. The zero-order valence-electron chi connectivity index (χ0n) is 15.1. The van der Waals surface area contributed by atoms with Crippen molar-refractivity contribution >= 4 is 22.3 Å². The summed E-state index contributed by atoms with van der Waals surface area (Å²) in [7, 11) is 3.27. The van der Waals surface area contributed by atoms with Gasteiger partial charge in [-0.3, -0.25) is 0 Å². The van der Waals surface area contributed by atoms with E-state index >= 15 is 0 Å². The average molecular weight is 357 g/mol. The summed E-state index contributed by atoms with van der Waals surface area (Å²) in [4.78, 5) is 0. The molecule has 5 heteroatoms. The Hall–Kier alpha value is -3.60. The van der Waals surface area contributed by atoms with E-state index in [1.54, 1.807) is 14.2 Å². The van der Waals surface area contributed by atoms with Gasteiger partial charge in [-0.2, -0.15) is 0 Å². The number of methoxy groups -OCH3 is 2. The van der Waals surface area contributed by atoms with Gasteiger partial charge in [0.2, 0.25) is 0 Å². The Bertz CT molecular complexity index is 1080. The number of hydrogen-bond donors (Lipinski definition) is 1. The highest BCUT2D eigenvalue weighted by Crippen LogP contribution is 2.37. The van der Waals surface area contributed by atoms with Crippen LogP contribution in [0.5, 0.6) is 11.5 Å². The molecule has 0 saturated carbocycles. The summed E-state index contributed by atoms with van der Waals surface area (Å²) in [5.74, 6) is 2.14. The highest BCUT2D eigenvalue weighted by Gasteiger charge is 2.15. The van der Waals surface area contributed by atoms with Crippen LogP contribution >= 0.6 is 0 Å². The lowest BCUT2D eigenvalue weighted by atomic mass is 10.0. The van der Waals surface area contributed by atoms with Crippen molar-refractivity contribution in [1.82, 2.24) is 10.2 Å². The van der Waals surface area contributed by atoms with E-state index in [2.05, 4.69) is 15.5 Å². The second-order valence-corrected chi connectivity index (χ2v) is 6.00. The number of nitrogens with one attached hydrogen (secondary N) is 1. The lowest BCUT2D eigenvalue weighted by molar-refractivity contribution is 0.395. The van der Waals surface area contributed by atoms with Gasteiger partial charge in [-0.25, -0.2) is 0 Å². The third-order valence-corrected chi connectivity index (χ3v) is 4.39. The monoisotopic (exact) mass is 357 g/mol.